The van der Waals surface area contributed by atoms with E-state index in [0.717, 1.165) is 26.2 Å². The first-order chi connectivity index (χ1) is 13.3. The van der Waals surface area contributed by atoms with E-state index in [1.807, 2.05) is 0 Å². The van der Waals surface area contributed by atoms with Crippen molar-refractivity contribution >= 4 is 21.2 Å². The number of nitrogens with one attached hydrogen (secondary N) is 2. The van der Waals surface area contributed by atoms with Crippen LogP contribution in [0.5, 0.6) is 5.75 Å². The lowest BCUT2D eigenvalue weighted by Gasteiger charge is -2.42. The topological polar surface area (TPSA) is 70.7 Å². The molecule has 6 nitrogen and oxygen atoms in total. The van der Waals surface area contributed by atoms with E-state index < -0.39 is 26.6 Å². The lowest BCUT2D eigenvalue weighted by atomic mass is 10.1. The molecule has 2 N–H and O–H groups in total. The Hall–Kier alpha value is -2.32. The van der Waals surface area contributed by atoms with Gasteiger partial charge in [-0.3, -0.25) is 0 Å². The van der Waals surface area contributed by atoms with Crippen molar-refractivity contribution in [3.63, 3.8) is 0 Å². The summed E-state index contributed by atoms with van der Waals surface area (Å²) in [6.07, 6.45) is 0. The molecule has 1 fully saturated rings. The molecule has 8 heteroatoms. The predicted octanol–water partition coefficient (Wildman–Crippen LogP) is 2.62. The van der Waals surface area contributed by atoms with Crippen molar-refractivity contribution in [2.24, 2.45) is 0 Å². The average Bonchev–Trinajstić information content (AvgIpc) is 2.68. The van der Waals surface area contributed by atoms with Gasteiger partial charge in [-0.25, -0.2) is 12.8 Å². The van der Waals surface area contributed by atoms with E-state index in [1.165, 1.54) is 12.1 Å². The maximum atomic E-state index is 14.4. The molecule has 2 aromatic carbocycles. The Bertz CT molecular complexity index is 974. The van der Waals surface area contributed by atoms with Gasteiger partial charge in [-0.05, 0) is 26.0 Å². The van der Waals surface area contributed by atoms with Crippen molar-refractivity contribution in [1.82, 2.24) is 5.32 Å². The molecule has 0 saturated carbocycles. The summed E-state index contributed by atoms with van der Waals surface area (Å²) in [4.78, 5) is 2.26. The zero-order chi connectivity index (χ0) is 19.9. The molecule has 2 aliphatic heterocycles. The van der Waals surface area contributed by atoms with Gasteiger partial charge >= 0.3 is 0 Å². The van der Waals surface area contributed by atoms with Crippen LogP contribution >= 0.6 is 0 Å². The maximum Gasteiger partial charge on any atom is 0.203 e. The van der Waals surface area contributed by atoms with Gasteiger partial charge in [0.15, 0.2) is 11.1 Å². The normalized spacial score (nSPS) is 21.4. The number of fused-ring (bicyclic) bond motifs is 1. The van der Waals surface area contributed by atoms with Gasteiger partial charge in [0.1, 0.15) is 11.4 Å². The second-order valence-electron chi connectivity index (χ2n) is 7.63. The molecule has 0 bridgehead atoms. The number of anilines is 2. The first-order valence-electron chi connectivity index (χ1n) is 9.33. The monoisotopic (exact) mass is 405 g/mol. The molecule has 0 amide bonds. The van der Waals surface area contributed by atoms with E-state index in [-0.39, 0.29) is 4.90 Å². The van der Waals surface area contributed by atoms with Crippen molar-refractivity contribution in [3.05, 3.63) is 48.3 Å². The van der Waals surface area contributed by atoms with Crippen LogP contribution in [0.1, 0.15) is 13.8 Å². The maximum absolute atomic E-state index is 14.4. The van der Waals surface area contributed by atoms with Crippen LogP contribution in [0.15, 0.2) is 47.4 Å². The molecule has 0 radical (unpaired) electrons. The Kier molecular flexibility index (Phi) is 4.71. The number of hydrogen-bond donors (Lipinski definition) is 2. The molecule has 1 unspecified atom stereocenters. The summed E-state index contributed by atoms with van der Waals surface area (Å²) >= 11 is 0. The van der Waals surface area contributed by atoms with Crippen molar-refractivity contribution in [2.45, 2.75) is 29.7 Å². The third kappa shape index (κ3) is 3.31. The minimum atomic E-state index is -3.75. The second-order valence-corrected chi connectivity index (χ2v) is 9.66. The van der Waals surface area contributed by atoms with Gasteiger partial charge in [-0.15, -0.1) is 0 Å². The molecule has 4 rings (SSSR count). The Morgan fingerprint density at radius 2 is 1.82 bits per heavy atom. The van der Waals surface area contributed by atoms with Crippen LogP contribution in [0.4, 0.5) is 15.8 Å². The highest BCUT2D eigenvalue weighted by Gasteiger charge is 2.46. The van der Waals surface area contributed by atoms with Gasteiger partial charge in [0, 0.05) is 38.3 Å². The van der Waals surface area contributed by atoms with E-state index >= 15 is 0 Å². The fourth-order valence-electron chi connectivity index (χ4n) is 3.76. The highest BCUT2D eigenvalue weighted by Crippen LogP contribution is 2.45. The van der Waals surface area contributed by atoms with Gasteiger partial charge in [0.05, 0.1) is 16.3 Å². The number of piperazine rings is 1. The van der Waals surface area contributed by atoms with Crippen LogP contribution in [0, 0.1) is 5.82 Å². The lowest BCUT2D eigenvalue weighted by Crippen LogP contribution is -2.54. The largest absolute Gasteiger partial charge is 0.480 e. The lowest BCUT2D eigenvalue weighted by molar-refractivity contribution is 0.103. The molecule has 1 saturated heterocycles. The molecule has 150 valence electrons. The quantitative estimate of drug-likeness (QED) is 0.818. The summed E-state index contributed by atoms with van der Waals surface area (Å²) in [6, 6.07) is 11.0. The second kappa shape index (κ2) is 6.93. The molecule has 2 aromatic rings. The number of hydrogen-bond acceptors (Lipinski definition) is 6. The van der Waals surface area contributed by atoms with Gasteiger partial charge in [-0.1, -0.05) is 18.2 Å². The van der Waals surface area contributed by atoms with E-state index in [1.54, 1.807) is 44.2 Å². The van der Waals surface area contributed by atoms with Crippen molar-refractivity contribution in [3.8, 4) is 5.75 Å². The fraction of sp³-hybridized carbons (Fsp3) is 0.400. The molecule has 2 heterocycles. The van der Waals surface area contributed by atoms with E-state index in [4.69, 9.17) is 4.74 Å². The van der Waals surface area contributed by atoms with E-state index in [2.05, 4.69) is 15.5 Å². The summed E-state index contributed by atoms with van der Waals surface area (Å²) in [5.41, 5.74) is -0.0487. The van der Waals surface area contributed by atoms with Gasteiger partial charge < -0.3 is 20.3 Å². The zero-order valence-electron chi connectivity index (χ0n) is 15.9. The first kappa shape index (κ1) is 19.0. The van der Waals surface area contributed by atoms with Crippen molar-refractivity contribution in [2.75, 3.05) is 36.4 Å². The summed E-state index contributed by atoms with van der Waals surface area (Å²) < 4.78 is 47.0. The third-order valence-electron chi connectivity index (χ3n) is 5.16. The fourth-order valence-corrected chi connectivity index (χ4v) is 5.65. The minimum absolute atomic E-state index is 0.200. The van der Waals surface area contributed by atoms with Crippen LogP contribution in [0.2, 0.25) is 0 Å². The number of nitrogens with zero attached hydrogens (tertiary/aromatic N) is 1. The molecule has 1 atom stereocenters. The number of benzene rings is 2. The van der Waals surface area contributed by atoms with Crippen LogP contribution < -0.4 is 20.3 Å². The molecule has 0 aromatic heterocycles. The summed E-state index contributed by atoms with van der Waals surface area (Å²) in [7, 11) is -3.75. The number of ether oxygens (including phenoxy) is 1. The van der Waals surface area contributed by atoms with E-state index in [9.17, 15) is 12.8 Å². The summed E-state index contributed by atoms with van der Waals surface area (Å²) in [6.45, 7) is 6.52. The molecule has 2 aliphatic rings. The molecular formula is C20H24FN3O3S. The van der Waals surface area contributed by atoms with Crippen LogP contribution in [0.3, 0.4) is 0 Å². The van der Waals surface area contributed by atoms with E-state index in [0.29, 0.717) is 17.1 Å². The number of rotatable bonds is 3. The SMILES string of the molecule is CC1(C)Oc2c(cc(F)cc2N2CCNCC2)NC1S(=O)(=O)c1ccccc1. The Balaban J connectivity index is 1.77. The van der Waals surface area contributed by atoms with Crippen LogP contribution in [-0.4, -0.2) is 45.6 Å². The zero-order valence-corrected chi connectivity index (χ0v) is 16.7. The first-order valence-corrected chi connectivity index (χ1v) is 10.9. The molecular weight excluding hydrogens is 381 g/mol. The molecule has 0 aliphatic carbocycles. The summed E-state index contributed by atoms with van der Waals surface area (Å²) in [5.74, 6) is 0.0618. The number of sulfone groups is 1. The average molecular weight is 405 g/mol. The number of halogens is 1. The Morgan fingerprint density at radius 3 is 2.50 bits per heavy atom. The predicted molar refractivity (Wildman–Crippen MR) is 107 cm³/mol. The highest BCUT2D eigenvalue weighted by atomic mass is 32.2. The molecule has 0 spiro atoms. The standard InChI is InChI=1S/C20H24FN3O3S/c1-20(2)19(28(25,26)15-6-4-3-5-7-15)23-16-12-14(21)13-17(18(16)27-20)24-10-8-22-9-11-24/h3-7,12-13,19,22-23H,8-11H2,1-2H3. The summed E-state index contributed by atoms with van der Waals surface area (Å²) in [5, 5.41) is 5.27. The van der Waals surface area contributed by atoms with Crippen molar-refractivity contribution < 1.29 is 17.5 Å². The highest BCUT2D eigenvalue weighted by molar-refractivity contribution is 7.92. The Labute approximate surface area is 164 Å². The Morgan fingerprint density at radius 1 is 1.14 bits per heavy atom. The van der Waals surface area contributed by atoms with Gasteiger partial charge in [0.25, 0.3) is 0 Å². The molecule has 28 heavy (non-hydrogen) atoms. The van der Waals surface area contributed by atoms with Gasteiger partial charge in [-0.2, -0.15) is 0 Å². The van der Waals surface area contributed by atoms with Gasteiger partial charge in [0.2, 0.25) is 9.84 Å². The van der Waals surface area contributed by atoms with Crippen molar-refractivity contribution in [1.29, 1.82) is 0 Å². The third-order valence-corrected chi connectivity index (χ3v) is 7.39. The smallest absolute Gasteiger partial charge is 0.203 e. The van der Waals surface area contributed by atoms with Crippen LogP contribution in [-0.2, 0) is 9.84 Å². The van der Waals surface area contributed by atoms with Crippen LogP contribution in [0.25, 0.3) is 0 Å². The minimum Gasteiger partial charge on any atom is -0.480 e.